The minimum absolute atomic E-state index is 0.0568. The van der Waals surface area contributed by atoms with Crippen molar-refractivity contribution >= 4 is 21.9 Å². The second-order valence-electron chi connectivity index (χ2n) is 6.73. The van der Waals surface area contributed by atoms with Crippen LogP contribution in [0.2, 0.25) is 0 Å². The number of carbonyl (C=O) groups excluding carboxylic acids is 2. The number of methoxy groups -OCH3 is 1. The predicted octanol–water partition coefficient (Wildman–Crippen LogP) is 0.870. The number of imidazole rings is 1. The molecular formula is C18H24N4O6S. The van der Waals surface area contributed by atoms with Crippen molar-refractivity contribution in [2.24, 2.45) is 5.92 Å². The quantitative estimate of drug-likeness (QED) is 0.492. The van der Waals surface area contributed by atoms with Crippen LogP contribution in [0.4, 0.5) is 0 Å². The summed E-state index contributed by atoms with van der Waals surface area (Å²) in [7, 11) is -2.67. The highest BCUT2D eigenvalue weighted by Crippen LogP contribution is 2.25. The zero-order valence-corrected chi connectivity index (χ0v) is 16.9. The summed E-state index contributed by atoms with van der Waals surface area (Å²) in [6, 6.07) is 2.50. The van der Waals surface area contributed by atoms with Crippen molar-refractivity contribution in [1.29, 1.82) is 0 Å². The molecule has 2 aromatic rings. The van der Waals surface area contributed by atoms with Gasteiger partial charge in [0.15, 0.2) is 0 Å². The lowest BCUT2D eigenvalue weighted by molar-refractivity contribution is -0.126. The summed E-state index contributed by atoms with van der Waals surface area (Å²) >= 11 is 0. The van der Waals surface area contributed by atoms with Gasteiger partial charge in [0.2, 0.25) is 16.8 Å². The van der Waals surface area contributed by atoms with Crippen molar-refractivity contribution in [2.75, 3.05) is 26.7 Å². The zero-order chi connectivity index (χ0) is 20.9. The van der Waals surface area contributed by atoms with Gasteiger partial charge in [0, 0.05) is 44.5 Å². The van der Waals surface area contributed by atoms with Crippen LogP contribution >= 0.6 is 0 Å². The van der Waals surface area contributed by atoms with Gasteiger partial charge >= 0.3 is 5.97 Å². The lowest BCUT2D eigenvalue weighted by Crippen LogP contribution is -2.43. The minimum atomic E-state index is -3.86. The normalized spacial score (nSPS) is 15.9. The fourth-order valence-electron chi connectivity index (χ4n) is 3.19. The monoisotopic (exact) mass is 424 g/mol. The zero-order valence-electron chi connectivity index (χ0n) is 16.1. The summed E-state index contributed by atoms with van der Waals surface area (Å²) in [5.41, 5.74) is 0. The number of aryl methyl sites for hydroxylation is 1. The Bertz CT molecular complexity index is 929. The number of piperidine rings is 1. The van der Waals surface area contributed by atoms with Gasteiger partial charge in [0.1, 0.15) is 0 Å². The summed E-state index contributed by atoms with van der Waals surface area (Å²) in [6.45, 7) is 1.75. The van der Waals surface area contributed by atoms with Crippen LogP contribution < -0.4 is 5.32 Å². The third kappa shape index (κ3) is 5.04. The third-order valence-corrected chi connectivity index (χ3v) is 6.61. The van der Waals surface area contributed by atoms with Crippen LogP contribution in [-0.4, -0.2) is 60.9 Å². The van der Waals surface area contributed by atoms with Crippen molar-refractivity contribution in [2.45, 2.75) is 30.9 Å². The Kier molecular flexibility index (Phi) is 6.70. The number of nitrogens with one attached hydrogen (secondary N) is 1. The van der Waals surface area contributed by atoms with Crippen molar-refractivity contribution in [3.05, 3.63) is 36.6 Å². The van der Waals surface area contributed by atoms with Gasteiger partial charge in [0.05, 0.1) is 13.4 Å². The van der Waals surface area contributed by atoms with E-state index in [9.17, 15) is 18.0 Å². The molecule has 1 fully saturated rings. The van der Waals surface area contributed by atoms with Gasteiger partial charge < -0.3 is 19.0 Å². The minimum Gasteiger partial charge on any atom is -0.463 e. The SMILES string of the molecule is COC(=O)c1ccc(S(=O)(=O)N2CCC(C(=O)NCCCn3ccnc3)CC2)o1. The average Bonchev–Trinajstić information content (AvgIpc) is 3.43. The van der Waals surface area contributed by atoms with Gasteiger partial charge in [-0.25, -0.2) is 18.2 Å². The number of furan rings is 1. The summed E-state index contributed by atoms with van der Waals surface area (Å²) < 4.78 is 38.2. The van der Waals surface area contributed by atoms with Crippen LogP contribution in [0.3, 0.4) is 0 Å². The number of carbonyl (C=O) groups is 2. The van der Waals surface area contributed by atoms with E-state index in [1.54, 1.807) is 12.5 Å². The molecule has 1 aliphatic rings. The summed E-state index contributed by atoms with van der Waals surface area (Å²) in [4.78, 5) is 27.7. The molecule has 3 rings (SSSR count). The molecule has 158 valence electrons. The van der Waals surface area contributed by atoms with Gasteiger partial charge in [-0.15, -0.1) is 0 Å². The van der Waals surface area contributed by atoms with Gasteiger partial charge in [0.25, 0.3) is 10.0 Å². The maximum atomic E-state index is 12.7. The number of amides is 1. The van der Waals surface area contributed by atoms with E-state index >= 15 is 0 Å². The first-order valence-corrected chi connectivity index (χ1v) is 10.8. The van der Waals surface area contributed by atoms with E-state index in [2.05, 4.69) is 15.0 Å². The second kappa shape index (κ2) is 9.23. The molecule has 0 atom stereocenters. The van der Waals surface area contributed by atoms with E-state index in [1.807, 2.05) is 10.8 Å². The number of hydrogen-bond acceptors (Lipinski definition) is 7. The number of nitrogens with zero attached hydrogens (tertiary/aromatic N) is 3. The first-order valence-electron chi connectivity index (χ1n) is 9.33. The molecule has 0 radical (unpaired) electrons. The average molecular weight is 424 g/mol. The molecule has 1 N–H and O–H groups in total. The Morgan fingerprint density at radius 1 is 1.31 bits per heavy atom. The fraction of sp³-hybridized carbons (Fsp3) is 0.500. The van der Waals surface area contributed by atoms with Crippen LogP contribution in [0, 0.1) is 5.92 Å². The lowest BCUT2D eigenvalue weighted by atomic mass is 9.97. The molecule has 11 heteroatoms. The highest BCUT2D eigenvalue weighted by atomic mass is 32.2. The van der Waals surface area contributed by atoms with Crippen molar-refractivity contribution < 1.29 is 27.2 Å². The Labute approximate surface area is 168 Å². The summed E-state index contributed by atoms with van der Waals surface area (Å²) in [5.74, 6) is -1.19. The van der Waals surface area contributed by atoms with Gasteiger partial charge in [-0.05, 0) is 31.4 Å². The molecule has 3 heterocycles. The number of rotatable bonds is 8. The number of hydrogen-bond donors (Lipinski definition) is 1. The molecule has 0 saturated carbocycles. The van der Waals surface area contributed by atoms with Crippen molar-refractivity contribution in [1.82, 2.24) is 19.2 Å². The summed E-state index contributed by atoms with van der Waals surface area (Å²) in [5, 5.41) is 2.61. The largest absolute Gasteiger partial charge is 0.463 e. The molecule has 0 spiro atoms. The molecule has 2 aromatic heterocycles. The van der Waals surface area contributed by atoms with E-state index in [-0.39, 0.29) is 35.8 Å². The Morgan fingerprint density at radius 3 is 2.72 bits per heavy atom. The first-order chi connectivity index (χ1) is 13.9. The Hall–Kier alpha value is -2.66. The van der Waals surface area contributed by atoms with Crippen LogP contribution in [0.1, 0.15) is 29.8 Å². The smallest absolute Gasteiger partial charge is 0.374 e. The number of aromatic nitrogens is 2. The van der Waals surface area contributed by atoms with Gasteiger partial charge in [-0.3, -0.25) is 4.79 Å². The van der Waals surface area contributed by atoms with E-state index in [0.717, 1.165) is 13.0 Å². The third-order valence-electron chi connectivity index (χ3n) is 4.84. The van der Waals surface area contributed by atoms with Crippen LogP contribution in [-0.2, 0) is 26.1 Å². The first kappa shape index (κ1) is 21.1. The second-order valence-corrected chi connectivity index (χ2v) is 8.60. The number of esters is 1. The van der Waals surface area contributed by atoms with Crippen molar-refractivity contribution in [3.63, 3.8) is 0 Å². The molecule has 0 bridgehead atoms. The molecular weight excluding hydrogens is 400 g/mol. The highest BCUT2D eigenvalue weighted by Gasteiger charge is 2.34. The Morgan fingerprint density at radius 2 is 2.07 bits per heavy atom. The highest BCUT2D eigenvalue weighted by molar-refractivity contribution is 7.89. The predicted molar refractivity (Wildman–Crippen MR) is 101 cm³/mol. The van der Waals surface area contributed by atoms with Crippen LogP contribution in [0.5, 0.6) is 0 Å². The fourth-order valence-corrected chi connectivity index (χ4v) is 4.57. The molecule has 29 heavy (non-hydrogen) atoms. The molecule has 10 nitrogen and oxygen atoms in total. The van der Waals surface area contributed by atoms with Gasteiger partial charge in [-0.2, -0.15) is 4.31 Å². The van der Waals surface area contributed by atoms with Crippen LogP contribution in [0.15, 0.2) is 40.4 Å². The maximum Gasteiger partial charge on any atom is 0.374 e. The van der Waals surface area contributed by atoms with E-state index in [1.165, 1.54) is 23.5 Å². The van der Waals surface area contributed by atoms with Crippen molar-refractivity contribution in [3.8, 4) is 0 Å². The van der Waals surface area contributed by atoms with E-state index in [0.29, 0.717) is 19.4 Å². The van der Waals surface area contributed by atoms with E-state index < -0.39 is 16.0 Å². The molecule has 0 aromatic carbocycles. The lowest BCUT2D eigenvalue weighted by Gasteiger charge is -2.29. The van der Waals surface area contributed by atoms with E-state index in [4.69, 9.17) is 4.42 Å². The molecule has 1 aliphatic heterocycles. The number of sulfonamides is 1. The maximum absolute atomic E-state index is 12.7. The van der Waals surface area contributed by atoms with Crippen LogP contribution in [0.25, 0.3) is 0 Å². The molecule has 1 saturated heterocycles. The topological polar surface area (TPSA) is 124 Å². The molecule has 0 aliphatic carbocycles. The van der Waals surface area contributed by atoms with Gasteiger partial charge in [-0.1, -0.05) is 0 Å². The Balaban J connectivity index is 1.47. The number of ether oxygens (including phenoxy) is 1. The molecule has 0 unspecified atom stereocenters. The summed E-state index contributed by atoms with van der Waals surface area (Å²) in [6.07, 6.45) is 6.94. The molecule has 1 amide bonds. The standard InChI is InChI=1S/C18H24N4O6S/c1-27-18(24)15-3-4-16(28-15)29(25,26)22-10-5-14(6-11-22)17(23)20-7-2-9-21-12-8-19-13-21/h3-4,8,12-14H,2,5-7,9-11H2,1H3,(H,20,23).